The molecule has 1 saturated heterocycles. The number of nitrogen functional groups attached to an aromatic ring is 1. The van der Waals surface area contributed by atoms with Gasteiger partial charge in [0.25, 0.3) is 0 Å². The molecule has 2 unspecified atom stereocenters. The Kier molecular flexibility index (Phi) is 16.7. The van der Waals surface area contributed by atoms with Gasteiger partial charge in [-0.05, 0) is 24.2 Å². The van der Waals surface area contributed by atoms with Crippen molar-refractivity contribution < 1.29 is 75.7 Å². The number of ether oxygens (including phenoxy) is 1. The Labute approximate surface area is 330 Å². The van der Waals surface area contributed by atoms with Gasteiger partial charge < -0.3 is 50.9 Å². The van der Waals surface area contributed by atoms with Crippen molar-refractivity contribution in [2.75, 3.05) is 43.5 Å². The average Bonchev–Trinajstić information content (AvgIpc) is 3.69. The first-order chi connectivity index (χ1) is 26.7. The number of phosphoric acid groups is 3. The second-order valence-corrected chi connectivity index (χ2v) is 18.7. The molecular formula is C30H46N7O16P3S. The van der Waals surface area contributed by atoms with Crippen molar-refractivity contribution >= 4 is 64.0 Å². The average molecular weight is 886 g/mol. The van der Waals surface area contributed by atoms with Gasteiger partial charge in [0, 0.05) is 30.7 Å². The molecule has 318 valence electrons. The van der Waals surface area contributed by atoms with Crippen molar-refractivity contribution in [3.8, 4) is 0 Å². The van der Waals surface area contributed by atoms with Gasteiger partial charge in [0.15, 0.2) is 17.7 Å². The number of hydrogen-bond acceptors (Lipinski definition) is 17. The fourth-order valence-corrected chi connectivity index (χ4v) is 8.96. The second-order valence-electron chi connectivity index (χ2n) is 13.3. The lowest BCUT2D eigenvalue weighted by atomic mass is 9.87. The van der Waals surface area contributed by atoms with Crippen molar-refractivity contribution in [3.05, 3.63) is 48.5 Å². The van der Waals surface area contributed by atoms with E-state index in [0.717, 1.165) is 35.8 Å². The predicted molar refractivity (Wildman–Crippen MR) is 202 cm³/mol. The number of nitrogens with zero attached hydrogens (tertiary/aromatic N) is 4. The molecule has 0 spiro atoms. The molecule has 2 amide bonds. The minimum Gasteiger partial charge on any atom is -0.386 e. The quantitative estimate of drug-likeness (QED) is 0.0469. The number of anilines is 1. The number of nitrogens with two attached hydrogens (primary N) is 1. The zero-order valence-electron chi connectivity index (χ0n) is 30.7. The summed E-state index contributed by atoms with van der Waals surface area (Å²) in [6, 6.07) is 10.1. The molecule has 23 nitrogen and oxygen atoms in total. The van der Waals surface area contributed by atoms with Crippen LogP contribution in [-0.4, -0.2) is 123 Å². The topological polar surface area (TPSA) is 347 Å². The number of aliphatic hydroxyl groups is 2. The largest absolute Gasteiger partial charge is 0.481 e. The first kappa shape index (κ1) is 46.8. The minimum atomic E-state index is -5.55. The molecule has 1 aliphatic rings. The van der Waals surface area contributed by atoms with Crippen molar-refractivity contribution in [1.29, 1.82) is 0 Å². The number of nitrogens with one attached hydrogen (secondary N) is 2. The molecule has 10 N–H and O–H groups in total. The van der Waals surface area contributed by atoms with E-state index in [1.807, 2.05) is 18.2 Å². The Morgan fingerprint density at radius 2 is 1.72 bits per heavy atom. The van der Waals surface area contributed by atoms with E-state index in [9.17, 15) is 53.1 Å². The van der Waals surface area contributed by atoms with E-state index >= 15 is 0 Å². The predicted octanol–water partition coefficient (Wildman–Crippen LogP) is 0.771. The molecule has 1 fully saturated rings. The van der Waals surface area contributed by atoms with Gasteiger partial charge in [0.05, 0.1) is 19.5 Å². The number of carbonyl (C=O) groups excluding carboxylic acids is 2. The number of fused-ring (bicyclic) bond motifs is 1. The van der Waals surface area contributed by atoms with E-state index in [1.54, 1.807) is 11.8 Å². The van der Waals surface area contributed by atoms with E-state index in [0.29, 0.717) is 12.3 Å². The molecule has 0 bridgehead atoms. The Morgan fingerprint density at radius 1 is 1.02 bits per heavy atom. The van der Waals surface area contributed by atoms with Crippen LogP contribution in [0.3, 0.4) is 0 Å². The van der Waals surface area contributed by atoms with Crippen LogP contribution in [0.5, 0.6) is 0 Å². The number of carbonyl (C=O) groups is 2. The Bertz CT molecular complexity index is 1960. The maximum Gasteiger partial charge on any atom is 0.481 e. The summed E-state index contributed by atoms with van der Waals surface area (Å²) < 4.78 is 62.2. The van der Waals surface area contributed by atoms with Crippen molar-refractivity contribution in [3.63, 3.8) is 0 Å². The maximum absolute atomic E-state index is 12.7. The normalized spacial score (nSPS) is 21.5. The molecule has 3 heterocycles. The number of aromatic nitrogens is 4. The summed E-state index contributed by atoms with van der Waals surface area (Å²) in [5.74, 6) is 0.360. The minimum absolute atomic E-state index is 0.0351. The van der Waals surface area contributed by atoms with E-state index < -0.39 is 78.6 Å². The molecule has 0 radical (unpaired) electrons. The summed E-state index contributed by atoms with van der Waals surface area (Å²) in [5.41, 5.74) is 5.58. The Morgan fingerprint density at radius 3 is 2.42 bits per heavy atom. The molecule has 2 aromatic heterocycles. The number of amides is 2. The van der Waals surface area contributed by atoms with E-state index in [4.69, 9.17) is 19.5 Å². The number of rotatable bonds is 23. The van der Waals surface area contributed by atoms with Crippen LogP contribution in [0.4, 0.5) is 5.82 Å². The van der Waals surface area contributed by atoms with E-state index in [1.165, 1.54) is 19.4 Å². The zero-order chi connectivity index (χ0) is 42.0. The number of aryl methyl sites for hydroxylation is 1. The van der Waals surface area contributed by atoms with Gasteiger partial charge in [-0.1, -0.05) is 44.2 Å². The second kappa shape index (κ2) is 20.4. The fraction of sp³-hybridized carbons (Fsp3) is 0.567. The van der Waals surface area contributed by atoms with Crippen LogP contribution in [0.2, 0.25) is 0 Å². The smallest absolute Gasteiger partial charge is 0.386 e. The molecule has 1 aliphatic heterocycles. The number of thioether (sulfide) groups is 1. The highest BCUT2D eigenvalue weighted by Gasteiger charge is 2.50. The van der Waals surface area contributed by atoms with Gasteiger partial charge in [-0.15, -0.1) is 0 Å². The molecule has 27 heteroatoms. The molecule has 7 atom stereocenters. The van der Waals surface area contributed by atoms with Gasteiger partial charge in [0.2, 0.25) is 11.8 Å². The first-order valence-corrected chi connectivity index (χ1v) is 22.9. The van der Waals surface area contributed by atoms with Gasteiger partial charge >= 0.3 is 23.5 Å². The standard InChI is InChI=1S/C30H46N7O16P3S/c1-30(2,25(40)28(41)33-11-10-21(38)32-12-14-57-13-6-9-19-7-4-3-5-8-19)16-50-56(47,48)53-55(45,46)49-15-20-24(52-54(42,43)44)23(39)29(51-20)37-18-36-22-26(31)34-17-35-27(22)37/h3-5,7-8,17-18,20,23-25,29,39-40H,6,9-16H2,1-2H3,(H,32,38)(H,33,41)(H,45,46)(H,47,48)(H2,31,34,35)(H2,42,43,44)/t20-,23-,24-,25+,29-/m1/s1. The number of phosphoric ester groups is 3. The third-order valence-corrected chi connectivity index (χ3v) is 12.4. The van der Waals surface area contributed by atoms with Gasteiger partial charge in [-0.25, -0.2) is 28.6 Å². The lowest BCUT2D eigenvalue weighted by Gasteiger charge is -2.30. The third kappa shape index (κ3) is 14.4. The monoisotopic (exact) mass is 885 g/mol. The molecular weight excluding hydrogens is 839 g/mol. The van der Waals surface area contributed by atoms with Crippen LogP contribution in [0.1, 0.15) is 38.5 Å². The number of benzene rings is 1. The summed E-state index contributed by atoms with van der Waals surface area (Å²) in [6.45, 7) is 0.891. The van der Waals surface area contributed by atoms with Gasteiger partial charge in [-0.3, -0.25) is 27.7 Å². The highest BCUT2D eigenvalue weighted by molar-refractivity contribution is 7.99. The lowest BCUT2D eigenvalue weighted by Crippen LogP contribution is -2.46. The first-order valence-electron chi connectivity index (χ1n) is 17.2. The van der Waals surface area contributed by atoms with Crippen molar-refractivity contribution in [2.45, 2.75) is 63.8 Å². The molecule has 57 heavy (non-hydrogen) atoms. The van der Waals surface area contributed by atoms with Crippen LogP contribution >= 0.6 is 35.2 Å². The summed E-state index contributed by atoms with van der Waals surface area (Å²) >= 11 is 1.71. The molecule has 1 aromatic carbocycles. The van der Waals surface area contributed by atoms with Crippen molar-refractivity contribution in [2.24, 2.45) is 5.41 Å². The molecule has 4 rings (SSSR count). The molecule has 0 saturated carbocycles. The number of aliphatic hydroxyl groups excluding tert-OH is 2. The van der Waals surface area contributed by atoms with Crippen LogP contribution in [-0.2, 0) is 52.3 Å². The fourth-order valence-electron chi connectivity index (χ4n) is 5.33. The Balaban J connectivity index is 1.20. The van der Waals surface area contributed by atoms with Crippen LogP contribution in [0, 0.1) is 5.41 Å². The maximum atomic E-state index is 12.7. The van der Waals surface area contributed by atoms with Crippen LogP contribution in [0.15, 0.2) is 43.0 Å². The highest BCUT2D eigenvalue weighted by Crippen LogP contribution is 2.61. The van der Waals surface area contributed by atoms with E-state index in [-0.39, 0.29) is 35.9 Å². The summed E-state index contributed by atoms with van der Waals surface area (Å²) in [6.07, 6.45) is -4.75. The summed E-state index contributed by atoms with van der Waals surface area (Å²) in [4.78, 5) is 75.8. The Hall–Kier alpha value is -2.89. The highest BCUT2D eigenvalue weighted by atomic mass is 32.2. The summed E-state index contributed by atoms with van der Waals surface area (Å²) in [7, 11) is -16.3. The molecule has 3 aromatic rings. The molecule has 0 aliphatic carbocycles. The van der Waals surface area contributed by atoms with Crippen molar-refractivity contribution in [1.82, 2.24) is 30.2 Å². The number of hydrogen-bond donors (Lipinski definition) is 9. The third-order valence-electron chi connectivity index (χ3n) is 8.24. The van der Waals surface area contributed by atoms with Crippen LogP contribution in [0.25, 0.3) is 11.2 Å². The SMILES string of the molecule is CC(C)(COP(=O)(O)OP(=O)(O)OC[C@H]1O[C@@H](n2cnc3c(N)ncnc32)[C@H](O)[C@@H]1OP(=O)(O)O)[C@@H](O)C(=O)NCCC(=O)NCCSCCCc1ccccc1. The summed E-state index contributed by atoms with van der Waals surface area (Å²) in [5, 5.41) is 26.6. The number of imidazole rings is 1. The van der Waals surface area contributed by atoms with Gasteiger partial charge in [0.1, 0.15) is 36.3 Å². The lowest BCUT2D eigenvalue weighted by molar-refractivity contribution is -0.137. The van der Waals surface area contributed by atoms with E-state index in [2.05, 4.69) is 46.6 Å². The van der Waals surface area contributed by atoms with Crippen LogP contribution < -0.4 is 16.4 Å². The van der Waals surface area contributed by atoms with Gasteiger partial charge in [-0.2, -0.15) is 16.1 Å². The zero-order valence-corrected chi connectivity index (χ0v) is 34.2.